The molecular weight excluding hydrogens is 453 g/mol. The fourth-order valence-electron chi connectivity index (χ4n) is 3.69. The van der Waals surface area contributed by atoms with E-state index in [9.17, 15) is 14.0 Å². The highest BCUT2D eigenvalue weighted by atomic mass is 35.5. The molecule has 10 heteroatoms. The van der Waals surface area contributed by atoms with Crippen LogP contribution in [0.15, 0.2) is 53.7 Å². The highest BCUT2D eigenvalue weighted by molar-refractivity contribution is 7.99. The molecule has 0 spiro atoms. The van der Waals surface area contributed by atoms with Gasteiger partial charge in [0, 0.05) is 13.6 Å². The fourth-order valence-corrected chi connectivity index (χ4v) is 4.62. The molecular formula is C22H21ClFN5O2S. The lowest BCUT2D eigenvalue weighted by Crippen LogP contribution is -2.32. The molecule has 1 unspecified atom stereocenters. The van der Waals surface area contributed by atoms with E-state index in [1.165, 1.54) is 23.9 Å². The minimum Gasteiger partial charge on any atom is -0.328 e. The van der Waals surface area contributed by atoms with Gasteiger partial charge in [-0.25, -0.2) is 4.39 Å². The summed E-state index contributed by atoms with van der Waals surface area (Å²) in [5, 5.41) is 12.0. The lowest BCUT2D eigenvalue weighted by molar-refractivity contribution is -0.113. The van der Waals surface area contributed by atoms with Crippen LogP contribution >= 0.6 is 23.4 Å². The normalized spacial score (nSPS) is 15.7. The first-order valence-electron chi connectivity index (χ1n) is 10.1. The Morgan fingerprint density at radius 2 is 1.94 bits per heavy atom. The molecule has 1 fully saturated rings. The molecule has 1 aliphatic rings. The minimum absolute atomic E-state index is 0.0489. The first kappa shape index (κ1) is 22.3. The van der Waals surface area contributed by atoms with Gasteiger partial charge in [0.1, 0.15) is 5.82 Å². The highest BCUT2D eigenvalue weighted by Gasteiger charge is 2.34. The van der Waals surface area contributed by atoms with Crippen LogP contribution in [-0.2, 0) is 11.8 Å². The van der Waals surface area contributed by atoms with Crippen LogP contribution in [0.5, 0.6) is 0 Å². The van der Waals surface area contributed by atoms with Crippen molar-refractivity contribution in [2.24, 2.45) is 7.05 Å². The number of likely N-dealkylation sites (tertiary alicyclic amines) is 1. The number of amides is 2. The average Bonchev–Trinajstić information content (AvgIpc) is 3.40. The molecule has 2 heterocycles. The Hall–Kier alpha value is -2.91. The van der Waals surface area contributed by atoms with E-state index in [2.05, 4.69) is 15.5 Å². The van der Waals surface area contributed by atoms with Crippen LogP contribution in [0.1, 0.15) is 35.1 Å². The van der Waals surface area contributed by atoms with E-state index < -0.39 is 5.82 Å². The van der Waals surface area contributed by atoms with Gasteiger partial charge < -0.3 is 14.8 Å². The molecule has 1 saturated heterocycles. The van der Waals surface area contributed by atoms with Crippen LogP contribution < -0.4 is 5.32 Å². The number of hydrogen-bond acceptors (Lipinski definition) is 5. The molecule has 3 aromatic rings. The number of nitrogens with one attached hydrogen (secondary N) is 1. The predicted molar refractivity (Wildman–Crippen MR) is 121 cm³/mol. The maximum atomic E-state index is 13.7. The summed E-state index contributed by atoms with van der Waals surface area (Å²) in [4.78, 5) is 27.1. The van der Waals surface area contributed by atoms with Crippen LogP contribution in [0.2, 0.25) is 5.02 Å². The topological polar surface area (TPSA) is 80.1 Å². The SMILES string of the molecule is Cn1c(SCC(=O)Nc2ccccc2F)nnc1C1CCCN1C(=O)c1ccccc1Cl. The van der Waals surface area contributed by atoms with E-state index in [4.69, 9.17) is 11.6 Å². The number of thioether (sulfide) groups is 1. The first-order valence-corrected chi connectivity index (χ1v) is 11.4. The summed E-state index contributed by atoms with van der Waals surface area (Å²) in [6, 6.07) is 12.8. The summed E-state index contributed by atoms with van der Waals surface area (Å²) in [5.41, 5.74) is 0.596. The van der Waals surface area contributed by atoms with E-state index in [0.717, 1.165) is 12.8 Å². The van der Waals surface area contributed by atoms with Gasteiger partial charge in [0.25, 0.3) is 5.91 Å². The molecule has 4 rings (SSSR count). The molecule has 0 radical (unpaired) electrons. The van der Waals surface area contributed by atoms with Gasteiger partial charge in [-0.3, -0.25) is 9.59 Å². The van der Waals surface area contributed by atoms with Crippen molar-refractivity contribution in [3.63, 3.8) is 0 Å². The third kappa shape index (κ3) is 4.63. The van der Waals surface area contributed by atoms with Gasteiger partial charge in [-0.15, -0.1) is 10.2 Å². The summed E-state index contributed by atoms with van der Waals surface area (Å²) in [6.45, 7) is 0.606. The zero-order valence-electron chi connectivity index (χ0n) is 17.3. The van der Waals surface area contributed by atoms with Gasteiger partial charge in [0.15, 0.2) is 11.0 Å². The number of benzene rings is 2. The second-order valence-electron chi connectivity index (χ2n) is 7.35. The van der Waals surface area contributed by atoms with E-state index >= 15 is 0 Å². The number of rotatable bonds is 6. The standard InChI is InChI=1S/C22H21ClFN5O2S/c1-28-20(18-11-6-12-29(18)21(31)14-7-2-3-8-15(14)23)26-27-22(28)32-13-19(30)25-17-10-5-4-9-16(17)24/h2-5,7-10,18H,6,11-13H2,1H3,(H,25,30). The van der Waals surface area contributed by atoms with Gasteiger partial charge in [-0.1, -0.05) is 47.6 Å². The van der Waals surface area contributed by atoms with E-state index in [0.29, 0.717) is 28.1 Å². The number of carbonyl (C=O) groups excluding carboxylic acids is 2. The number of halogens is 2. The average molecular weight is 474 g/mol. The Labute approximate surface area is 194 Å². The molecule has 0 aliphatic carbocycles. The maximum absolute atomic E-state index is 13.7. The second kappa shape index (κ2) is 9.70. The zero-order chi connectivity index (χ0) is 22.7. The number of aromatic nitrogens is 3. The summed E-state index contributed by atoms with van der Waals surface area (Å²) >= 11 is 7.42. The Bertz CT molecular complexity index is 1150. The number of para-hydroxylation sites is 1. The number of nitrogens with zero attached hydrogens (tertiary/aromatic N) is 4. The molecule has 166 valence electrons. The van der Waals surface area contributed by atoms with Crippen molar-refractivity contribution in [2.45, 2.75) is 24.0 Å². The molecule has 1 N–H and O–H groups in total. The van der Waals surface area contributed by atoms with Crippen molar-refractivity contribution in [3.8, 4) is 0 Å². The predicted octanol–water partition coefficient (Wildman–Crippen LogP) is 4.32. The number of anilines is 1. The lowest BCUT2D eigenvalue weighted by Gasteiger charge is -2.24. The molecule has 1 aromatic heterocycles. The number of carbonyl (C=O) groups is 2. The van der Waals surface area contributed by atoms with Crippen LogP contribution in [0.3, 0.4) is 0 Å². The molecule has 32 heavy (non-hydrogen) atoms. The zero-order valence-corrected chi connectivity index (χ0v) is 18.9. The monoisotopic (exact) mass is 473 g/mol. The highest BCUT2D eigenvalue weighted by Crippen LogP contribution is 2.34. The molecule has 7 nitrogen and oxygen atoms in total. The molecule has 2 amide bonds. The van der Waals surface area contributed by atoms with Crippen LogP contribution in [0.25, 0.3) is 0 Å². The van der Waals surface area contributed by atoms with E-state index in [1.807, 2.05) is 7.05 Å². The molecule has 0 saturated carbocycles. The van der Waals surface area contributed by atoms with Crippen molar-refractivity contribution in [3.05, 3.63) is 70.8 Å². The van der Waals surface area contributed by atoms with E-state index in [1.54, 1.807) is 45.9 Å². The van der Waals surface area contributed by atoms with Gasteiger partial charge in [-0.2, -0.15) is 0 Å². The van der Waals surface area contributed by atoms with Gasteiger partial charge in [-0.05, 0) is 37.1 Å². The van der Waals surface area contributed by atoms with Gasteiger partial charge in [0.2, 0.25) is 5.91 Å². The second-order valence-corrected chi connectivity index (χ2v) is 8.70. The molecule has 1 atom stereocenters. The van der Waals surface area contributed by atoms with Gasteiger partial charge in [0.05, 0.1) is 28.1 Å². The quantitative estimate of drug-likeness (QED) is 0.539. The Kier molecular flexibility index (Phi) is 6.76. The third-order valence-electron chi connectivity index (χ3n) is 5.26. The number of hydrogen-bond donors (Lipinski definition) is 1. The van der Waals surface area contributed by atoms with Crippen LogP contribution in [0.4, 0.5) is 10.1 Å². The molecule has 2 aromatic carbocycles. The summed E-state index contributed by atoms with van der Waals surface area (Å²) in [6.07, 6.45) is 1.61. The smallest absolute Gasteiger partial charge is 0.255 e. The summed E-state index contributed by atoms with van der Waals surface area (Å²) in [7, 11) is 1.81. The Balaban J connectivity index is 1.44. The fraction of sp³-hybridized carbons (Fsp3) is 0.273. The van der Waals surface area contributed by atoms with Crippen molar-refractivity contribution < 1.29 is 14.0 Å². The lowest BCUT2D eigenvalue weighted by atomic mass is 10.1. The first-order chi connectivity index (χ1) is 15.5. The van der Waals surface area contributed by atoms with Crippen molar-refractivity contribution in [2.75, 3.05) is 17.6 Å². The third-order valence-corrected chi connectivity index (χ3v) is 6.61. The maximum Gasteiger partial charge on any atom is 0.255 e. The van der Waals surface area contributed by atoms with Crippen LogP contribution in [-0.4, -0.2) is 43.8 Å². The molecule has 1 aliphatic heterocycles. The Morgan fingerprint density at radius 3 is 2.72 bits per heavy atom. The largest absolute Gasteiger partial charge is 0.328 e. The molecule has 0 bridgehead atoms. The van der Waals surface area contributed by atoms with Crippen molar-refractivity contribution >= 4 is 40.9 Å². The van der Waals surface area contributed by atoms with E-state index in [-0.39, 0.29) is 29.3 Å². The van der Waals surface area contributed by atoms with Gasteiger partial charge >= 0.3 is 0 Å². The Morgan fingerprint density at radius 1 is 1.19 bits per heavy atom. The van der Waals surface area contributed by atoms with Crippen molar-refractivity contribution in [1.29, 1.82) is 0 Å². The summed E-state index contributed by atoms with van der Waals surface area (Å²) in [5.74, 6) is -0.274. The summed E-state index contributed by atoms with van der Waals surface area (Å²) < 4.78 is 15.5. The van der Waals surface area contributed by atoms with Crippen molar-refractivity contribution in [1.82, 2.24) is 19.7 Å². The minimum atomic E-state index is -0.490. The van der Waals surface area contributed by atoms with Crippen LogP contribution in [0, 0.1) is 5.82 Å².